The normalized spacial score (nSPS) is 17.9. The first-order valence-corrected chi connectivity index (χ1v) is 6.94. The van der Waals surface area contributed by atoms with Crippen molar-refractivity contribution in [3.8, 4) is 5.75 Å². The molecule has 0 spiro atoms. The Labute approximate surface area is 123 Å². The van der Waals surface area contributed by atoms with E-state index < -0.39 is 6.10 Å². The number of fused-ring (bicyclic) bond motifs is 1. The average Bonchev–Trinajstić information content (AvgIpc) is 2.55. The maximum atomic E-state index is 12.3. The van der Waals surface area contributed by atoms with Gasteiger partial charge in [0, 0.05) is 12.4 Å². The predicted molar refractivity (Wildman–Crippen MR) is 80.1 cm³/mol. The Morgan fingerprint density at radius 2 is 2.24 bits per heavy atom. The monoisotopic (exact) mass is 283 g/mol. The molecule has 1 aromatic carbocycles. The minimum atomic E-state index is -0.529. The molecule has 21 heavy (non-hydrogen) atoms. The lowest BCUT2D eigenvalue weighted by atomic mass is 10.1. The minimum Gasteiger partial charge on any atom is -0.477 e. The molecule has 1 unspecified atom stereocenters. The molecular formula is C16H17N3O2. The first-order valence-electron chi connectivity index (χ1n) is 6.94. The SMILES string of the molecule is C[C@@H](NC(=O)C1CNc2ccccc2O1)c1cccnc1. The molecule has 1 aromatic heterocycles. The number of benzene rings is 1. The van der Waals surface area contributed by atoms with E-state index in [1.165, 1.54) is 0 Å². The maximum Gasteiger partial charge on any atom is 0.263 e. The van der Waals surface area contributed by atoms with Crippen LogP contribution in [-0.4, -0.2) is 23.5 Å². The Kier molecular flexibility index (Phi) is 3.73. The number of amides is 1. The quantitative estimate of drug-likeness (QED) is 0.906. The van der Waals surface area contributed by atoms with Crippen LogP contribution in [0.25, 0.3) is 0 Å². The number of nitrogens with zero attached hydrogens (tertiary/aromatic N) is 1. The highest BCUT2D eigenvalue weighted by Gasteiger charge is 2.26. The summed E-state index contributed by atoms with van der Waals surface area (Å²) in [7, 11) is 0. The number of ether oxygens (including phenoxy) is 1. The number of anilines is 1. The number of para-hydroxylation sites is 2. The van der Waals surface area contributed by atoms with E-state index in [1.54, 1.807) is 12.4 Å². The van der Waals surface area contributed by atoms with Crippen LogP contribution in [0, 0.1) is 0 Å². The zero-order chi connectivity index (χ0) is 14.7. The van der Waals surface area contributed by atoms with Crippen LogP contribution < -0.4 is 15.4 Å². The van der Waals surface area contributed by atoms with E-state index in [4.69, 9.17) is 4.74 Å². The Bertz CT molecular complexity index is 630. The summed E-state index contributed by atoms with van der Waals surface area (Å²) in [6.45, 7) is 2.39. The number of aromatic nitrogens is 1. The van der Waals surface area contributed by atoms with Gasteiger partial charge in [0.25, 0.3) is 5.91 Å². The second-order valence-corrected chi connectivity index (χ2v) is 5.00. The number of hydrogen-bond donors (Lipinski definition) is 2. The third kappa shape index (κ3) is 2.97. The summed E-state index contributed by atoms with van der Waals surface area (Å²) in [6.07, 6.45) is 2.93. The van der Waals surface area contributed by atoms with Gasteiger partial charge in [-0.3, -0.25) is 9.78 Å². The molecule has 1 aliphatic rings. The van der Waals surface area contributed by atoms with Gasteiger partial charge in [-0.05, 0) is 30.7 Å². The summed E-state index contributed by atoms with van der Waals surface area (Å²) >= 11 is 0. The van der Waals surface area contributed by atoms with Crippen LogP contribution in [0.3, 0.4) is 0 Å². The summed E-state index contributed by atoms with van der Waals surface area (Å²) < 4.78 is 5.74. The van der Waals surface area contributed by atoms with E-state index in [9.17, 15) is 4.79 Å². The van der Waals surface area contributed by atoms with Crippen molar-refractivity contribution in [3.05, 3.63) is 54.4 Å². The fourth-order valence-corrected chi connectivity index (χ4v) is 2.28. The van der Waals surface area contributed by atoms with Crippen molar-refractivity contribution in [3.63, 3.8) is 0 Å². The van der Waals surface area contributed by atoms with Gasteiger partial charge in [0.2, 0.25) is 0 Å². The second-order valence-electron chi connectivity index (χ2n) is 5.00. The highest BCUT2D eigenvalue weighted by Crippen LogP contribution is 2.28. The van der Waals surface area contributed by atoms with Crippen molar-refractivity contribution < 1.29 is 9.53 Å². The standard InChI is InChI=1S/C16H17N3O2/c1-11(12-5-4-8-17-9-12)19-16(20)15-10-18-13-6-2-3-7-14(13)21-15/h2-9,11,15,18H,10H2,1H3,(H,19,20)/t11-,15?/m1/s1. The molecule has 2 atom stereocenters. The van der Waals surface area contributed by atoms with Gasteiger partial charge in [0.15, 0.2) is 6.10 Å². The van der Waals surface area contributed by atoms with Crippen LogP contribution in [-0.2, 0) is 4.79 Å². The Morgan fingerprint density at radius 3 is 3.05 bits per heavy atom. The average molecular weight is 283 g/mol. The Balaban J connectivity index is 1.65. The van der Waals surface area contributed by atoms with Gasteiger partial charge >= 0.3 is 0 Å². The van der Waals surface area contributed by atoms with E-state index in [-0.39, 0.29) is 11.9 Å². The molecule has 2 heterocycles. The molecule has 108 valence electrons. The van der Waals surface area contributed by atoms with Gasteiger partial charge in [-0.25, -0.2) is 0 Å². The molecule has 0 saturated carbocycles. The zero-order valence-electron chi connectivity index (χ0n) is 11.7. The van der Waals surface area contributed by atoms with Crippen molar-refractivity contribution in [1.29, 1.82) is 0 Å². The maximum absolute atomic E-state index is 12.3. The summed E-state index contributed by atoms with van der Waals surface area (Å²) in [5.41, 5.74) is 1.89. The lowest BCUT2D eigenvalue weighted by molar-refractivity contribution is -0.128. The van der Waals surface area contributed by atoms with Gasteiger partial charge in [-0.15, -0.1) is 0 Å². The number of carbonyl (C=O) groups excluding carboxylic acids is 1. The predicted octanol–water partition coefficient (Wildman–Crippen LogP) is 2.13. The zero-order valence-corrected chi connectivity index (χ0v) is 11.7. The van der Waals surface area contributed by atoms with Crippen LogP contribution >= 0.6 is 0 Å². The van der Waals surface area contributed by atoms with Crippen LogP contribution in [0.1, 0.15) is 18.5 Å². The second kappa shape index (κ2) is 5.83. The number of carbonyl (C=O) groups is 1. The summed E-state index contributed by atoms with van der Waals surface area (Å²) in [4.78, 5) is 16.4. The van der Waals surface area contributed by atoms with Crippen molar-refractivity contribution in [2.24, 2.45) is 0 Å². The molecule has 0 bridgehead atoms. The summed E-state index contributed by atoms with van der Waals surface area (Å²) in [5.74, 6) is 0.575. The van der Waals surface area contributed by atoms with Crippen molar-refractivity contribution in [1.82, 2.24) is 10.3 Å². The van der Waals surface area contributed by atoms with Gasteiger partial charge in [0.1, 0.15) is 5.75 Å². The highest BCUT2D eigenvalue weighted by molar-refractivity contribution is 5.83. The van der Waals surface area contributed by atoms with Crippen LogP contribution in [0.15, 0.2) is 48.8 Å². The Hall–Kier alpha value is -2.56. The molecular weight excluding hydrogens is 266 g/mol. The molecule has 0 aliphatic carbocycles. The van der Waals surface area contributed by atoms with E-state index >= 15 is 0 Å². The van der Waals surface area contributed by atoms with Crippen molar-refractivity contribution in [2.75, 3.05) is 11.9 Å². The lowest BCUT2D eigenvalue weighted by Gasteiger charge is -2.27. The molecule has 1 aliphatic heterocycles. The van der Waals surface area contributed by atoms with Gasteiger partial charge in [-0.2, -0.15) is 0 Å². The minimum absolute atomic E-state index is 0.105. The first-order chi connectivity index (χ1) is 10.2. The largest absolute Gasteiger partial charge is 0.477 e. The van der Waals surface area contributed by atoms with Crippen molar-refractivity contribution >= 4 is 11.6 Å². The number of pyridine rings is 1. The number of rotatable bonds is 3. The van der Waals surface area contributed by atoms with Crippen LogP contribution in [0.4, 0.5) is 5.69 Å². The highest BCUT2D eigenvalue weighted by atomic mass is 16.5. The Morgan fingerprint density at radius 1 is 1.38 bits per heavy atom. The fourth-order valence-electron chi connectivity index (χ4n) is 2.28. The van der Waals surface area contributed by atoms with E-state index in [2.05, 4.69) is 15.6 Å². The topological polar surface area (TPSA) is 63.2 Å². The fraction of sp³-hybridized carbons (Fsp3) is 0.250. The lowest BCUT2D eigenvalue weighted by Crippen LogP contribution is -2.45. The third-order valence-corrected chi connectivity index (χ3v) is 3.47. The summed E-state index contributed by atoms with van der Waals surface area (Å²) in [5, 5.41) is 6.16. The third-order valence-electron chi connectivity index (χ3n) is 3.47. The van der Waals surface area contributed by atoms with E-state index in [0.29, 0.717) is 12.3 Å². The molecule has 1 amide bonds. The van der Waals surface area contributed by atoms with E-state index in [1.807, 2.05) is 43.3 Å². The van der Waals surface area contributed by atoms with Gasteiger partial charge in [0.05, 0.1) is 18.3 Å². The molecule has 5 nitrogen and oxygen atoms in total. The molecule has 0 saturated heterocycles. The molecule has 2 aromatic rings. The van der Waals surface area contributed by atoms with Crippen molar-refractivity contribution in [2.45, 2.75) is 19.1 Å². The molecule has 2 N–H and O–H groups in total. The van der Waals surface area contributed by atoms with E-state index in [0.717, 1.165) is 11.3 Å². The van der Waals surface area contributed by atoms with Crippen LogP contribution in [0.5, 0.6) is 5.75 Å². The summed E-state index contributed by atoms with van der Waals surface area (Å²) in [6, 6.07) is 11.3. The number of hydrogen-bond acceptors (Lipinski definition) is 4. The molecule has 0 radical (unpaired) electrons. The van der Waals surface area contributed by atoms with Crippen LogP contribution in [0.2, 0.25) is 0 Å². The molecule has 5 heteroatoms. The first kappa shape index (κ1) is 13.4. The molecule has 0 fully saturated rings. The smallest absolute Gasteiger partial charge is 0.263 e. The molecule has 3 rings (SSSR count). The van der Waals surface area contributed by atoms with Gasteiger partial charge in [-0.1, -0.05) is 18.2 Å². The number of nitrogens with one attached hydrogen (secondary N) is 2. The van der Waals surface area contributed by atoms with Gasteiger partial charge < -0.3 is 15.4 Å².